The SMILES string of the molecule is C[C@H]1CCN[C@@]1(C(=O)O)c1ccccc1. The molecule has 2 atom stereocenters. The zero-order valence-corrected chi connectivity index (χ0v) is 8.73. The molecule has 0 spiro atoms. The summed E-state index contributed by atoms with van der Waals surface area (Å²) in [4.78, 5) is 11.5. The van der Waals surface area contributed by atoms with Crippen LogP contribution in [0.5, 0.6) is 0 Å². The molecule has 80 valence electrons. The first kappa shape index (κ1) is 10.2. The summed E-state index contributed by atoms with van der Waals surface area (Å²) in [6.07, 6.45) is 0.904. The Hall–Kier alpha value is -1.35. The van der Waals surface area contributed by atoms with Gasteiger partial charge in [-0.25, -0.2) is 4.79 Å². The highest BCUT2D eigenvalue weighted by Gasteiger charge is 2.48. The Balaban J connectivity index is 2.49. The molecule has 0 radical (unpaired) electrons. The molecule has 1 aromatic rings. The molecule has 3 heteroatoms. The molecule has 2 rings (SSSR count). The van der Waals surface area contributed by atoms with Gasteiger partial charge in [-0.3, -0.25) is 5.32 Å². The van der Waals surface area contributed by atoms with Crippen LogP contribution in [-0.2, 0) is 10.3 Å². The van der Waals surface area contributed by atoms with E-state index in [9.17, 15) is 9.90 Å². The summed E-state index contributed by atoms with van der Waals surface area (Å²) in [7, 11) is 0. The van der Waals surface area contributed by atoms with Crippen LogP contribution < -0.4 is 5.32 Å². The van der Waals surface area contributed by atoms with E-state index in [1.54, 1.807) is 0 Å². The highest BCUT2D eigenvalue weighted by molar-refractivity contribution is 5.81. The smallest absolute Gasteiger partial charge is 0.328 e. The highest BCUT2D eigenvalue weighted by Crippen LogP contribution is 2.36. The lowest BCUT2D eigenvalue weighted by Crippen LogP contribution is -2.48. The van der Waals surface area contributed by atoms with Gasteiger partial charge < -0.3 is 5.11 Å². The topological polar surface area (TPSA) is 49.3 Å². The fourth-order valence-corrected chi connectivity index (χ4v) is 2.37. The van der Waals surface area contributed by atoms with E-state index in [0.717, 1.165) is 18.5 Å². The molecule has 1 heterocycles. The number of hydrogen-bond donors (Lipinski definition) is 2. The van der Waals surface area contributed by atoms with E-state index < -0.39 is 11.5 Å². The fourth-order valence-electron chi connectivity index (χ4n) is 2.37. The van der Waals surface area contributed by atoms with Crippen molar-refractivity contribution in [2.45, 2.75) is 18.9 Å². The van der Waals surface area contributed by atoms with Crippen molar-refractivity contribution in [2.75, 3.05) is 6.54 Å². The number of nitrogens with one attached hydrogen (secondary N) is 1. The minimum atomic E-state index is -0.888. The van der Waals surface area contributed by atoms with E-state index >= 15 is 0 Å². The van der Waals surface area contributed by atoms with Crippen LogP contribution >= 0.6 is 0 Å². The molecule has 0 amide bonds. The number of carboxylic acids is 1. The summed E-state index contributed by atoms with van der Waals surface area (Å²) in [6, 6.07) is 9.42. The minimum absolute atomic E-state index is 0.123. The summed E-state index contributed by atoms with van der Waals surface area (Å²) in [6.45, 7) is 2.75. The third-order valence-corrected chi connectivity index (χ3v) is 3.29. The second kappa shape index (κ2) is 3.66. The van der Waals surface area contributed by atoms with Crippen LogP contribution in [0.25, 0.3) is 0 Å². The molecular weight excluding hydrogens is 190 g/mol. The quantitative estimate of drug-likeness (QED) is 0.771. The van der Waals surface area contributed by atoms with Crippen LogP contribution in [0.15, 0.2) is 30.3 Å². The first-order chi connectivity index (χ1) is 7.18. The second-order valence-corrected chi connectivity index (χ2v) is 4.10. The Morgan fingerprint density at radius 3 is 2.60 bits per heavy atom. The van der Waals surface area contributed by atoms with Crippen molar-refractivity contribution < 1.29 is 9.90 Å². The number of hydrogen-bond acceptors (Lipinski definition) is 2. The van der Waals surface area contributed by atoms with Gasteiger partial charge in [0.25, 0.3) is 0 Å². The van der Waals surface area contributed by atoms with Crippen molar-refractivity contribution in [2.24, 2.45) is 5.92 Å². The first-order valence-corrected chi connectivity index (χ1v) is 5.22. The molecule has 0 unspecified atom stereocenters. The van der Waals surface area contributed by atoms with Crippen LogP contribution in [0.3, 0.4) is 0 Å². The summed E-state index contributed by atoms with van der Waals surface area (Å²) < 4.78 is 0. The van der Waals surface area contributed by atoms with E-state index in [1.807, 2.05) is 37.3 Å². The van der Waals surface area contributed by atoms with Gasteiger partial charge in [0.05, 0.1) is 0 Å². The molecule has 0 saturated carbocycles. The van der Waals surface area contributed by atoms with E-state index in [2.05, 4.69) is 5.32 Å². The maximum absolute atomic E-state index is 11.5. The largest absolute Gasteiger partial charge is 0.480 e. The summed E-state index contributed by atoms with van der Waals surface area (Å²) in [5.41, 5.74) is -0.0381. The Labute approximate surface area is 89.1 Å². The standard InChI is InChI=1S/C12H15NO2/c1-9-7-8-13-12(9,11(14)15)10-5-3-2-4-6-10/h2-6,9,13H,7-8H2,1H3,(H,14,15)/t9-,12+/m0/s1. The number of carboxylic acid groups (broad SMARTS) is 1. The molecule has 0 bridgehead atoms. The summed E-state index contributed by atoms with van der Waals surface area (Å²) >= 11 is 0. The van der Waals surface area contributed by atoms with Crippen LogP contribution in [-0.4, -0.2) is 17.6 Å². The maximum atomic E-state index is 11.5. The summed E-state index contributed by atoms with van der Waals surface area (Å²) in [5.74, 6) is -0.656. The Bertz CT molecular complexity index is 363. The van der Waals surface area contributed by atoms with E-state index in [-0.39, 0.29) is 5.92 Å². The van der Waals surface area contributed by atoms with Crippen LogP contribution in [0.4, 0.5) is 0 Å². The molecule has 0 aromatic heterocycles. The number of rotatable bonds is 2. The van der Waals surface area contributed by atoms with E-state index in [1.165, 1.54) is 0 Å². The Morgan fingerprint density at radius 2 is 2.13 bits per heavy atom. The van der Waals surface area contributed by atoms with Crippen LogP contribution in [0.1, 0.15) is 18.9 Å². The predicted molar refractivity (Wildman–Crippen MR) is 57.5 cm³/mol. The lowest BCUT2D eigenvalue weighted by molar-refractivity contribution is -0.146. The normalized spacial score (nSPS) is 30.3. The molecule has 1 aromatic carbocycles. The van der Waals surface area contributed by atoms with Gasteiger partial charge in [0.15, 0.2) is 0 Å². The molecule has 1 saturated heterocycles. The Morgan fingerprint density at radius 1 is 1.47 bits per heavy atom. The van der Waals surface area contributed by atoms with Crippen molar-refractivity contribution in [3.8, 4) is 0 Å². The van der Waals surface area contributed by atoms with Gasteiger partial charge in [-0.1, -0.05) is 37.3 Å². The highest BCUT2D eigenvalue weighted by atomic mass is 16.4. The minimum Gasteiger partial charge on any atom is -0.480 e. The van der Waals surface area contributed by atoms with Gasteiger partial charge in [0.1, 0.15) is 5.54 Å². The zero-order valence-electron chi connectivity index (χ0n) is 8.73. The number of aliphatic carboxylic acids is 1. The van der Waals surface area contributed by atoms with Crippen molar-refractivity contribution in [3.05, 3.63) is 35.9 Å². The van der Waals surface area contributed by atoms with E-state index in [4.69, 9.17) is 0 Å². The van der Waals surface area contributed by atoms with Gasteiger partial charge >= 0.3 is 5.97 Å². The molecule has 3 nitrogen and oxygen atoms in total. The van der Waals surface area contributed by atoms with Gasteiger partial charge in [0, 0.05) is 0 Å². The van der Waals surface area contributed by atoms with Gasteiger partial charge in [-0.15, -0.1) is 0 Å². The third-order valence-electron chi connectivity index (χ3n) is 3.29. The summed E-state index contributed by atoms with van der Waals surface area (Å²) in [5, 5.41) is 12.6. The molecule has 1 fully saturated rings. The maximum Gasteiger partial charge on any atom is 0.328 e. The van der Waals surface area contributed by atoms with Crippen molar-refractivity contribution in [3.63, 3.8) is 0 Å². The number of carbonyl (C=O) groups is 1. The van der Waals surface area contributed by atoms with Crippen LogP contribution in [0, 0.1) is 5.92 Å². The molecule has 0 aliphatic carbocycles. The third kappa shape index (κ3) is 1.43. The van der Waals surface area contributed by atoms with Crippen molar-refractivity contribution >= 4 is 5.97 Å². The average Bonchev–Trinajstić information content (AvgIpc) is 2.62. The van der Waals surface area contributed by atoms with Gasteiger partial charge in [-0.2, -0.15) is 0 Å². The molecule has 1 aliphatic heterocycles. The van der Waals surface area contributed by atoms with Crippen LogP contribution in [0.2, 0.25) is 0 Å². The van der Waals surface area contributed by atoms with Crippen molar-refractivity contribution in [1.82, 2.24) is 5.32 Å². The fraction of sp³-hybridized carbons (Fsp3) is 0.417. The molecule has 1 aliphatic rings. The van der Waals surface area contributed by atoms with Gasteiger partial charge in [-0.05, 0) is 24.4 Å². The number of benzene rings is 1. The molecule has 2 N–H and O–H groups in total. The lowest BCUT2D eigenvalue weighted by Gasteiger charge is -2.29. The van der Waals surface area contributed by atoms with E-state index in [0.29, 0.717) is 0 Å². The first-order valence-electron chi connectivity index (χ1n) is 5.22. The predicted octanol–water partition coefficient (Wildman–Crippen LogP) is 1.60. The zero-order chi connectivity index (χ0) is 10.9. The van der Waals surface area contributed by atoms with Crippen molar-refractivity contribution in [1.29, 1.82) is 0 Å². The average molecular weight is 205 g/mol. The molecular formula is C12H15NO2. The lowest BCUT2D eigenvalue weighted by atomic mass is 9.80. The Kier molecular flexibility index (Phi) is 2.49. The second-order valence-electron chi connectivity index (χ2n) is 4.10. The molecule has 15 heavy (non-hydrogen) atoms. The van der Waals surface area contributed by atoms with Gasteiger partial charge in [0.2, 0.25) is 0 Å². The monoisotopic (exact) mass is 205 g/mol.